The van der Waals surface area contributed by atoms with Gasteiger partial charge < -0.3 is 11.1 Å². The Morgan fingerprint density at radius 2 is 2.16 bits per heavy atom. The summed E-state index contributed by atoms with van der Waals surface area (Å²) in [5, 5.41) is 2.87. The van der Waals surface area contributed by atoms with Gasteiger partial charge in [0.15, 0.2) is 0 Å². The molecule has 1 unspecified atom stereocenters. The van der Waals surface area contributed by atoms with Crippen LogP contribution >= 0.6 is 15.9 Å². The van der Waals surface area contributed by atoms with Crippen LogP contribution in [0.1, 0.15) is 36.0 Å². The molecule has 1 aliphatic carbocycles. The first-order valence-electron chi connectivity index (χ1n) is 6.58. The van der Waals surface area contributed by atoms with E-state index >= 15 is 0 Å². The SMILES string of the molecule is NCC(NC(=O)c1cccc(Br)c1F)C1CCCC1. The van der Waals surface area contributed by atoms with Crippen molar-refractivity contribution in [3.05, 3.63) is 34.1 Å². The van der Waals surface area contributed by atoms with Gasteiger partial charge >= 0.3 is 0 Å². The Bertz CT molecular complexity index is 461. The summed E-state index contributed by atoms with van der Waals surface area (Å²) < 4.78 is 14.1. The van der Waals surface area contributed by atoms with E-state index in [9.17, 15) is 9.18 Å². The Hall–Kier alpha value is -0.940. The second-order valence-electron chi connectivity index (χ2n) is 4.96. The number of carbonyl (C=O) groups excluding carboxylic acids is 1. The largest absolute Gasteiger partial charge is 0.348 e. The van der Waals surface area contributed by atoms with Crippen molar-refractivity contribution in [2.75, 3.05) is 6.54 Å². The van der Waals surface area contributed by atoms with Crippen LogP contribution in [-0.4, -0.2) is 18.5 Å². The molecule has 0 aliphatic heterocycles. The number of nitrogens with one attached hydrogen (secondary N) is 1. The summed E-state index contributed by atoms with van der Waals surface area (Å²) >= 11 is 3.08. The number of hydrogen-bond donors (Lipinski definition) is 2. The number of rotatable bonds is 4. The molecule has 1 aliphatic rings. The average molecular weight is 329 g/mol. The summed E-state index contributed by atoms with van der Waals surface area (Å²) in [6, 6.07) is 4.64. The molecule has 2 rings (SSSR count). The van der Waals surface area contributed by atoms with E-state index in [1.807, 2.05) is 0 Å². The molecule has 1 fully saturated rings. The number of benzene rings is 1. The van der Waals surface area contributed by atoms with Crippen molar-refractivity contribution in [2.45, 2.75) is 31.7 Å². The Kier molecular flexibility index (Phi) is 4.93. The first kappa shape index (κ1) is 14.5. The van der Waals surface area contributed by atoms with Crippen LogP contribution in [-0.2, 0) is 0 Å². The van der Waals surface area contributed by atoms with Gasteiger partial charge in [0.1, 0.15) is 5.82 Å². The minimum atomic E-state index is -0.526. The fraction of sp³-hybridized carbons (Fsp3) is 0.500. The maximum absolute atomic E-state index is 13.8. The fourth-order valence-electron chi connectivity index (χ4n) is 2.65. The maximum atomic E-state index is 13.8. The topological polar surface area (TPSA) is 55.1 Å². The molecule has 0 spiro atoms. The third-order valence-electron chi connectivity index (χ3n) is 3.74. The van der Waals surface area contributed by atoms with Gasteiger partial charge in [-0.1, -0.05) is 18.9 Å². The number of amides is 1. The average Bonchev–Trinajstić information content (AvgIpc) is 2.92. The molecule has 0 radical (unpaired) electrons. The predicted molar refractivity (Wildman–Crippen MR) is 76.4 cm³/mol. The highest BCUT2D eigenvalue weighted by atomic mass is 79.9. The summed E-state index contributed by atoms with van der Waals surface area (Å²) in [6.45, 7) is 0.395. The molecule has 0 aromatic heterocycles. The van der Waals surface area contributed by atoms with Gasteiger partial charge in [-0.05, 0) is 46.8 Å². The van der Waals surface area contributed by atoms with Crippen LogP contribution in [0.3, 0.4) is 0 Å². The Morgan fingerprint density at radius 1 is 1.47 bits per heavy atom. The molecule has 104 valence electrons. The summed E-state index contributed by atoms with van der Waals surface area (Å²) in [6.07, 6.45) is 4.54. The third-order valence-corrected chi connectivity index (χ3v) is 4.35. The Balaban J connectivity index is 2.08. The Morgan fingerprint density at radius 3 is 2.79 bits per heavy atom. The first-order chi connectivity index (χ1) is 9.13. The highest BCUT2D eigenvalue weighted by molar-refractivity contribution is 9.10. The molecule has 1 amide bonds. The normalized spacial score (nSPS) is 17.4. The van der Waals surface area contributed by atoms with Crippen LogP contribution in [0.4, 0.5) is 4.39 Å². The highest BCUT2D eigenvalue weighted by Gasteiger charge is 2.26. The summed E-state index contributed by atoms with van der Waals surface area (Å²) in [5.41, 5.74) is 5.79. The van der Waals surface area contributed by atoms with Gasteiger partial charge in [0, 0.05) is 12.6 Å². The summed E-state index contributed by atoms with van der Waals surface area (Å²) in [7, 11) is 0. The fourth-order valence-corrected chi connectivity index (χ4v) is 3.02. The molecule has 0 bridgehead atoms. The molecule has 1 atom stereocenters. The highest BCUT2D eigenvalue weighted by Crippen LogP contribution is 2.27. The first-order valence-corrected chi connectivity index (χ1v) is 7.37. The Labute approximate surface area is 120 Å². The second-order valence-corrected chi connectivity index (χ2v) is 5.82. The molecule has 5 heteroatoms. The zero-order valence-corrected chi connectivity index (χ0v) is 12.2. The molecule has 0 heterocycles. The van der Waals surface area contributed by atoms with Crippen LogP contribution in [0, 0.1) is 11.7 Å². The number of nitrogens with two attached hydrogens (primary N) is 1. The minimum absolute atomic E-state index is 0.0609. The molecular weight excluding hydrogens is 311 g/mol. The number of hydrogen-bond acceptors (Lipinski definition) is 2. The summed E-state index contributed by atoms with van der Waals surface area (Å²) in [5.74, 6) is -0.493. The van der Waals surface area contributed by atoms with Crippen molar-refractivity contribution in [2.24, 2.45) is 11.7 Å². The molecule has 3 nitrogen and oxygen atoms in total. The van der Waals surface area contributed by atoms with Crippen molar-refractivity contribution in [1.29, 1.82) is 0 Å². The lowest BCUT2D eigenvalue weighted by atomic mass is 9.98. The zero-order chi connectivity index (χ0) is 13.8. The van der Waals surface area contributed by atoms with Crippen LogP contribution in [0.5, 0.6) is 0 Å². The lowest BCUT2D eigenvalue weighted by Crippen LogP contribution is -2.44. The minimum Gasteiger partial charge on any atom is -0.348 e. The third kappa shape index (κ3) is 3.34. The van der Waals surface area contributed by atoms with Gasteiger partial charge in [-0.25, -0.2) is 4.39 Å². The summed E-state index contributed by atoms with van der Waals surface area (Å²) in [4.78, 5) is 12.1. The molecule has 0 saturated heterocycles. The van der Waals surface area contributed by atoms with Crippen molar-refractivity contribution < 1.29 is 9.18 Å². The van der Waals surface area contributed by atoms with E-state index in [1.54, 1.807) is 12.1 Å². The molecular formula is C14H18BrFN2O. The monoisotopic (exact) mass is 328 g/mol. The van der Waals surface area contributed by atoms with Crippen molar-refractivity contribution in [1.82, 2.24) is 5.32 Å². The van der Waals surface area contributed by atoms with E-state index in [0.29, 0.717) is 16.9 Å². The standard InChI is InChI=1S/C14H18BrFN2O/c15-11-7-3-6-10(13(11)16)14(19)18-12(8-17)9-4-1-2-5-9/h3,6-7,9,12H,1-2,4-5,8,17H2,(H,18,19). The number of halogens is 2. The van der Waals surface area contributed by atoms with Gasteiger partial charge in [-0.15, -0.1) is 0 Å². The zero-order valence-electron chi connectivity index (χ0n) is 10.7. The van der Waals surface area contributed by atoms with Gasteiger partial charge in [0.25, 0.3) is 5.91 Å². The van der Waals surface area contributed by atoms with Crippen molar-refractivity contribution >= 4 is 21.8 Å². The van der Waals surface area contributed by atoms with E-state index < -0.39 is 5.82 Å². The second kappa shape index (κ2) is 6.48. The number of carbonyl (C=O) groups is 1. The van der Waals surface area contributed by atoms with Crippen LogP contribution in [0.15, 0.2) is 22.7 Å². The predicted octanol–water partition coefficient (Wildman–Crippen LogP) is 2.84. The van der Waals surface area contributed by atoms with Gasteiger partial charge in [-0.3, -0.25) is 4.79 Å². The van der Waals surface area contributed by atoms with Crippen LogP contribution in [0.2, 0.25) is 0 Å². The van der Waals surface area contributed by atoms with E-state index in [1.165, 1.54) is 18.9 Å². The van der Waals surface area contributed by atoms with Gasteiger partial charge in [0.2, 0.25) is 0 Å². The van der Waals surface area contributed by atoms with E-state index in [-0.39, 0.29) is 17.5 Å². The van der Waals surface area contributed by atoms with Crippen molar-refractivity contribution in [3.63, 3.8) is 0 Å². The lowest BCUT2D eigenvalue weighted by Gasteiger charge is -2.23. The lowest BCUT2D eigenvalue weighted by molar-refractivity contribution is 0.0920. The van der Waals surface area contributed by atoms with Gasteiger partial charge in [-0.2, -0.15) is 0 Å². The van der Waals surface area contributed by atoms with Crippen LogP contribution in [0.25, 0.3) is 0 Å². The molecule has 3 N–H and O–H groups in total. The van der Waals surface area contributed by atoms with Crippen LogP contribution < -0.4 is 11.1 Å². The van der Waals surface area contributed by atoms with E-state index in [0.717, 1.165) is 12.8 Å². The van der Waals surface area contributed by atoms with E-state index in [4.69, 9.17) is 5.73 Å². The molecule has 1 saturated carbocycles. The molecule has 1 aromatic rings. The quantitative estimate of drug-likeness (QED) is 0.892. The van der Waals surface area contributed by atoms with Crippen molar-refractivity contribution in [3.8, 4) is 0 Å². The molecule has 1 aromatic carbocycles. The smallest absolute Gasteiger partial charge is 0.254 e. The van der Waals surface area contributed by atoms with E-state index in [2.05, 4.69) is 21.2 Å². The van der Waals surface area contributed by atoms with Gasteiger partial charge in [0.05, 0.1) is 10.0 Å². The molecule has 19 heavy (non-hydrogen) atoms. The maximum Gasteiger partial charge on any atom is 0.254 e.